The minimum atomic E-state index is 0.152. The summed E-state index contributed by atoms with van der Waals surface area (Å²) in [5.41, 5.74) is 2.45. The highest BCUT2D eigenvalue weighted by atomic mass is 16.1. The van der Waals surface area contributed by atoms with Gasteiger partial charge in [-0.1, -0.05) is 19.1 Å². The number of nitrogens with one attached hydrogen (secondary N) is 1. The molecule has 0 atom stereocenters. The van der Waals surface area contributed by atoms with Gasteiger partial charge in [0.25, 0.3) is 0 Å². The molecule has 1 aromatic carbocycles. The van der Waals surface area contributed by atoms with Gasteiger partial charge in [-0.05, 0) is 36.0 Å². The third-order valence-electron chi connectivity index (χ3n) is 5.26. The lowest BCUT2D eigenvalue weighted by molar-refractivity contribution is -0.121. The minimum absolute atomic E-state index is 0.152. The van der Waals surface area contributed by atoms with Crippen molar-refractivity contribution in [2.24, 2.45) is 7.05 Å². The van der Waals surface area contributed by atoms with Crippen LogP contribution in [0.5, 0.6) is 0 Å². The van der Waals surface area contributed by atoms with E-state index in [1.165, 1.54) is 16.5 Å². The molecule has 2 heterocycles. The molecule has 1 aliphatic heterocycles. The van der Waals surface area contributed by atoms with Gasteiger partial charge in [0.1, 0.15) is 0 Å². The molecule has 3 rings (SSSR count). The molecule has 0 spiro atoms. The normalized spacial score (nSPS) is 16.4. The van der Waals surface area contributed by atoms with Crippen molar-refractivity contribution in [1.82, 2.24) is 19.7 Å². The highest BCUT2D eigenvalue weighted by Crippen LogP contribution is 2.17. The summed E-state index contributed by atoms with van der Waals surface area (Å²) in [4.78, 5) is 17.0. The Balaban J connectivity index is 1.37. The Labute approximate surface area is 150 Å². The van der Waals surface area contributed by atoms with Crippen LogP contribution in [0.15, 0.2) is 30.5 Å². The molecular formula is C20H30N4O. The van der Waals surface area contributed by atoms with Crippen LogP contribution in [0, 0.1) is 0 Å². The van der Waals surface area contributed by atoms with E-state index in [0.717, 1.165) is 52.2 Å². The first kappa shape index (κ1) is 18.0. The van der Waals surface area contributed by atoms with E-state index in [1.807, 2.05) is 0 Å². The molecular weight excluding hydrogens is 312 g/mol. The standard InChI is InChI=1S/C20H30N4O/c1-3-23-12-14-24(15-13-23)11-9-21-20(25)7-5-17-4-6-18-8-10-22(2)19(18)16-17/h4,6,8,10,16H,3,5,7,9,11-15H2,1-2H3,(H,21,25). The Morgan fingerprint density at radius 3 is 2.64 bits per heavy atom. The number of aryl methyl sites for hydroxylation is 2. The van der Waals surface area contributed by atoms with Gasteiger partial charge >= 0.3 is 0 Å². The van der Waals surface area contributed by atoms with E-state index in [9.17, 15) is 4.79 Å². The maximum atomic E-state index is 12.1. The predicted octanol–water partition coefficient (Wildman–Crippen LogP) is 1.86. The number of carbonyl (C=O) groups is 1. The summed E-state index contributed by atoms with van der Waals surface area (Å²) < 4.78 is 2.12. The maximum absolute atomic E-state index is 12.1. The molecule has 1 aromatic heterocycles. The van der Waals surface area contributed by atoms with Crippen LogP contribution in [0.4, 0.5) is 0 Å². The van der Waals surface area contributed by atoms with E-state index >= 15 is 0 Å². The fourth-order valence-corrected chi connectivity index (χ4v) is 3.49. The monoisotopic (exact) mass is 342 g/mol. The van der Waals surface area contributed by atoms with Gasteiger partial charge < -0.3 is 14.8 Å². The molecule has 1 aliphatic rings. The smallest absolute Gasteiger partial charge is 0.220 e. The van der Waals surface area contributed by atoms with Crippen molar-refractivity contribution in [3.8, 4) is 0 Å². The largest absolute Gasteiger partial charge is 0.355 e. The van der Waals surface area contributed by atoms with Crippen molar-refractivity contribution in [2.75, 3.05) is 45.8 Å². The van der Waals surface area contributed by atoms with Gasteiger partial charge in [0, 0.05) is 64.5 Å². The first-order valence-electron chi connectivity index (χ1n) is 9.41. The second-order valence-electron chi connectivity index (χ2n) is 6.95. The number of hydrogen-bond donors (Lipinski definition) is 1. The number of aromatic nitrogens is 1. The van der Waals surface area contributed by atoms with Gasteiger partial charge in [-0.3, -0.25) is 9.69 Å². The third kappa shape index (κ3) is 4.83. The lowest BCUT2D eigenvalue weighted by Gasteiger charge is -2.33. The summed E-state index contributed by atoms with van der Waals surface area (Å²) in [7, 11) is 2.05. The van der Waals surface area contributed by atoms with Gasteiger partial charge in [-0.2, -0.15) is 0 Å². The first-order valence-corrected chi connectivity index (χ1v) is 9.41. The molecule has 136 valence electrons. The van der Waals surface area contributed by atoms with Crippen molar-refractivity contribution in [2.45, 2.75) is 19.8 Å². The summed E-state index contributed by atoms with van der Waals surface area (Å²) >= 11 is 0. The van der Waals surface area contributed by atoms with E-state index in [2.05, 4.69) is 64.1 Å². The van der Waals surface area contributed by atoms with Crippen LogP contribution < -0.4 is 5.32 Å². The second-order valence-corrected chi connectivity index (χ2v) is 6.95. The molecule has 1 saturated heterocycles. The molecule has 1 amide bonds. The van der Waals surface area contributed by atoms with E-state index in [-0.39, 0.29) is 5.91 Å². The maximum Gasteiger partial charge on any atom is 0.220 e. The average molecular weight is 342 g/mol. The number of carbonyl (C=O) groups excluding carboxylic acids is 1. The van der Waals surface area contributed by atoms with E-state index in [1.54, 1.807) is 0 Å². The number of piperazine rings is 1. The molecule has 0 radical (unpaired) electrons. The summed E-state index contributed by atoms with van der Waals surface area (Å²) in [6, 6.07) is 8.57. The summed E-state index contributed by atoms with van der Waals surface area (Å²) in [5.74, 6) is 0.152. The number of likely N-dealkylation sites (N-methyl/N-ethyl adjacent to an activating group) is 1. The Hall–Kier alpha value is -1.85. The fraction of sp³-hybridized carbons (Fsp3) is 0.550. The van der Waals surface area contributed by atoms with E-state index in [0.29, 0.717) is 6.42 Å². The summed E-state index contributed by atoms with van der Waals surface area (Å²) in [5, 5.41) is 4.32. The topological polar surface area (TPSA) is 40.5 Å². The molecule has 0 unspecified atom stereocenters. The first-order chi connectivity index (χ1) is 12.2. The fourth-order valence-electron chi connectivity index (χ4n) is 3.49. The van der Waals surface area contributed by atoms with Crippen molar-refractivity contribution < 1.29 is 4.79 Å². The molecule has 0 bridgehead atoms. The molecule has 0 saturated carbocycles. The number of rotatable bonds is 7. The van der Waals surface area contributed by atoms with Gasteiger partial charge in [0.15, 0.2) is 0 Å². The van der Waals surface area contributed by atoms with Crippen LogP contribution in [0.1, 0.15) is 18.9 Å². The third-order valence-corrected chi connectivity index (χ3v) is 5.26. The Bertz CT molecular complexity index is 701. The Kier molecular flexibility index (Phi) is 6.10. The molecule has 0 aliphatic carbocycles. The average Bonchev–Trinajstić information content (AvgIpc) is 3.01. The zero-order valence-corrected chi connectivity index (χ0v) is 15.5. The van der Waals surface area contributed by atoms with Crippen LogP contribution in [0.2, 0.25) is 0 Å². The van der Waals surface area contributed by atoms with Crippen LogP contribution >= 0.6 is 0 Å². The Morgan fingerprint density at radius 1 is 1.12 bits per heavy atom. The minimum Gasteiger partial charge on any atom is -0.355 e. The van der Waals surface area contributed by atoms with E-state index in [4.69, 9.17) is 0 Å². The van der Waals surface area contributed by atoms with Crippen LogP contribution in [0.25, 0.3) is 10.9 Å². The predicted molar refractivity (Wildman–Crippen MR) is 103 cm³/mol. The van der Waals surface area contributed by atoms with Gasteiger partial charge in [-0.25, -0.2) is 0 Å². The lowest BCUT2D eigenvalue weighted by atomic mass is 10.1. The van der Waals surface area contributed by atoms with Gasteiger partial charge in [0.2, 0.25) is 5.91 Å². The molecule has 25 heavy (non-hydrogen) atoms. The summed E-state index contributed by atoms with van der Waals surface area (Å²) in [6.07, 6.45) is 3.42. The highest BCUT2D eigenvalue weighted by molar-refractivity contribution is 5.81. The quantitative estimate of drug-likeness (QED) is 0.835. The SMILES string of the molecule is CCN1CCN(CCNC(=O)CCc2ccc3ccn(C)c3c2)CC1. The zero-order valence-electron chi connectivity index (χ0n) is 15.5. The highest BCUT2D eigenvalue weighted by Gasteiger charge is 2.14. The number of benzene rings is 1. The molecule has 1 N–H and O–H groups in total. The van der Waals surface area contributed by atoms with Crippen molar-refractivity contribution >= 4 is 16.8 Å². The second kappa shape index (κ2) is 8.50. The Morgan fingerprint density at radius 2 is 1.88 bits per heavy atom. The lowest BCUT2D eigenvalue weighted by Crippen LogP contribution is -2.48. The molecule has 1 fully saturated rings. The van der Waals surface area contributed by atoms with Crippen LogP contribution in [-0.4, -0.2) is 66.1 Å². The molecule has 5 nitrogen and oxygen atoms in total. The number of fused-ring (bicyclic) bond motifs is 1. The number of hydrogen-bond acceptors (Lipinski definition) is 3. The molecule has 2 aromatic rings. The van der Waals surface area contributed by atoms with Crippen LogP contribution in [-0.2, 0) is 18.3 Å². The van der Waals surface area contributed by atoms with Gasteiger partial charge in [0.05, 0.1) is 0 Å². The van der Waals surface area contributed by atoms with Crippen molar-refractivity contribution in [1.29, 1.82) is 0 Å². The van der Waals surface area contributed by atoms with Crippen molar-refractivity contribution in [3.63, 3.8) is 0 Å². The zero-order chi connectivity index (χ0) is 17.6. The number of amides is 1. The molecule has 5 heteroatoms. The van der Waals surface area contributed by atoms with Crippen molar-refractivity contribution in [3.05, 3.63) is 36.0 Å². The number of nitrogens with zero attached hydrogens (tertiary/aromatic N) is 3. The summed E-state index contributed by atoms with van der Waals surface area (Å²) in [6.45, 7) is 9.57. The van der Waals surface area contributed by atoms with E-state index < -0.39 is 0 Å². The van der Waals surface area contributed by atoms with Crippen LogP contribution in [0.3, 0.4) is 0 Å². The van der Waals surface area contributed by atoms with Gasteiger partial charge in [-0.15, -0.1) is 0 Å².